The number of carbonyl (C=O) groups is 3. The molecule has 0 spiro atoms. The fourth-order valence-corrected chi connectivity index (χ4v) is 3.23. The quantitative estimate of drug-likeness (QED) is 0.537. The third-order valence-corrected chi connectivity index (χ3v) is 4.60. The van der Waals surface area contributed by atoms with Crippen molar-refractivity contribution in [2.45, 2.75) is 45.4 Å². The number of carbonyl (C=O) groups excluding carboxylic acids is 3. The molecule has 1 aromatic rings. The van der Waals surface area contributed by atoms with Crippen LogP contribution < -0.4 is 10.1 Å². The van der Waals surface area contributed by atoms with Gasteiger partial charge in [-0.15, -0.1) is 0 Å². The first kappa shape index (κ1) is 22.8. The summed E-state index contributed by atoms with van der Waals surface area (Å²) in [6, 6.07) is 4.82. The summed E-state index contributed by atoms with van der Waals surface area (Å²) in [5.74, 6) is -2.23. The van der Waals surface area contributed by atoms with E-state index in [0.29, 0.717) is 16.5 Å². The van der Waals surface area contributed by atoms with E-state index < -0.39 is 48.4 Å². The van der Waals surface area contributed by atoms with Gasteiger partial charge in [0.15, 0.2) is 12.2 Å². The molecule has 5 atom stereocenters. The Hall–Kier alpha value is -2.52. The molecule has 0 amide bonds. The van der Waals surface area contributed by atoms with Crippen molar-refractivity contribution in [1.29, 1.82) is 0 Å². The highest BCUT2D eigenvalue weighted by Gasteiger charge is 2.52. The monoisotopic (exact) mass is 429 g/mol. The van der Waals surface area contributed by atoms with Crippen molar-refractivity contribution < 1.29 is 38.1 Å². The molecular formula is C19H24ClNO8. The van der Waals surface area contributed by atoms with Crippen molar-refractivity contribution in [2.75, 3.05) is 19.5 Å². The van der Waals surface area contributed by atoms with Gasteiger partial charge in [-0.3, -0.25) is 9.59 Å². The minimum absolute atomic E-state index is 0.332. The summed E-state index contributed by atoms with van der Waals surface area (Å²) in [5.41, 5.74) is 0.542. The molecule has 0 radical (unpaired) electrons. The first-order valence-electron chi connectivity index (χ1n) is 8.89. The van der Waals surface area contributed by atoms with E-state index in [1.807, 2.05) is 0 Å². The standard InChI is InChI=1S/C19H24ClNO8/c1-9-15(26-10(2)22)17(27-11(3)23)19(29-16(9)18(24)25-5)28-14-7-6-12(20)8-13(14)21-4/h6-9,15-17,19,21H,1-5H3/t9-,15-,16-,17+,19+/m0/s1. The van der Waals surface area contributed by atoms with E-state index in [0.717, 1.165) is 0 Å². The van der Waals surface area contributed by atoms with Crippen molar-refractivity contribution in [3.05, 3.63) is 23.2 Å². The lowest BCUT2D eigenvalue weighted by molar-refractivity contribution is -0.266. The first-order chi connectivity index (χ1) is 13.7. The van der Waals surface area contributed by atoms with Gasteiger partial charge in [-0.25, -0.2) is 4.79 Å². The molecule has 0 aliphatic carbocycles. The Morgan fingerprint density at radius 2 is 1.72 bits per heavy atom. The number of ether oxygens (including phenoxy) is 5. The van der Waals surface area contributed by atoms with Crippen molar-refractivity contribution in [3.63, 3.8) is 0 Å². The first-order valence-corrected chi connectivity index (χ1v) is 9.27. The predicted molar refractivity (Wildman–Crippen MR) is 103 cm³/mol. The maximum absolute atomic E-state index is 12.2. The van der Waals surface area contributed by atoms with Crippen molar-refractivity contribution in [1.82, 2.24) is 0 Å². The topological polar surface area (TPSA) is 109 Å². The summed E-state index contributed by atoms with van der Waals surface area (Å²) in [5, 5.41) is 3.40. The normalized spacial score (nSPS) is 26.2. The molecule has 1 N–H and O–H groups in total. The molecule has 10 heteroatoms. The summed E-state index contributed by atoms with van der Waals surface area (Å²) >= 11 is 6.00. The molecule has 0 saturated carbocycles. The molecule has 29 heavy (non-hydrogen) atoms. The van der Waals surface area contributed by atoms with Gasteiger partial charge < -0.3 is 29.0 Å². The Balaban J connectivity index is 2.44. The van der Waals surface area contributed by atoms with Crippen LogP contribution in [0.15, 0.2) is 18.2 Å². The zero-order valence-electron chi connectivity index (χ0n) is 16.8. The summed E-state index contributed by atoms with van der Waals surface area (Å²) in [7, 11) is 2.89. The zero-order chi connectivity index (χ0) is 21.7. The average molecular weight is 430 g/mol. The van der Waals surface area contributed by atoms with Crippen LogP contribution in [0.5, 0.6) is 5.75 Å². The SMILES string of the molecule is CNc1cc(Cl)ccc1O[C@@H]1O[C@H](C(=O)OC)[C@@H](C)[C@H](OC(C)=O)[C@H]1OC(C)=O. The molecular weight excluding hydrogens is 406 g/mol. The molecule has 1 aromatic carbocycles. The fourth-order valence-electron chi connectivity index (χ4n) is 3.06. The van der Waals surface area contributed by atoms with Gasteiger partial charge in [-0.05, 0) is 18.2 Å². The molecule has 2 rings (SSSR count). The highest BCUT2D eigenvalue weighted by Crippen LogP contribution is 2.35. The molecule has 160 valence electrons. The fraction of sp³-hybridized carbons (Fsp3) is 0.526. The lowest BCUT2D eigenvalue weighted by Crippen LogP contribution is -2.60. The number of halogens is 1. The van der Waals surface area contributed by atoms with Crippen LogP contribution in [0.4, 0.5) is 5.69 Å². The molecule has 0 unspecified atom stereocenters. The lowest BCUT2D eigenvalue weighted by Gasteiger charge is -2.42. The Kier molecular flexibility index (Phi) is 7.69. The van der Waals surface area contributed by atoms with E-state index in [9.17, 15) is 14.4 Å². The van der Waals surface area contributed by atoms with Crippen LogP contribution in [0.2, 0.25) is 5.02 Å². The molecule has 1 aliphatic rings. The van der Waals surface area contributed by atoms with E-state index in [1.54, 1.807) is 32.2 Å². The largest absolute Gasteiger partial charge is 0.467 e. The summed E-state index contributed by atoms with van der Waals surface area (Å²) in [6.07, 6.45) is -4.47. The van der Waals surface area contributed by atoms with Crippen molar-refractivity contribution >= 4 is 35.2 Å². The third kappa shape index (κ3) is 5.51. The van der Waals surface area contributed by atoms with Gasteiger partial charge >= 0.3 is 17.9 Å². The Morgan fingerprint density at radius 3 is 2.28 bits per heavy atom. The van der Waals surface area contributed by atoms with Gasteiger partial charge in [0.2, 0.25) is 12.4 Å². The maximum atomic E-state index is 12.2. The van der Waals surface area contributed by atoms with Gasteiger partial charge in [0.1, 0.15) is 5.75 Å². The molecule has 0 bridgehead atoms. The molecule has 1 aliphatic heterocycles. The van der Waals surface area contributed by atoms with Crippen molar-refractivity contribution in [3.8, 4) is 5.75 Å². The summed E-state index contributed by atoms with van der Waals surface area (Å²) < 4.78 is 27.2. The van der Waals surface area contributed by atoms with Gasteiger partial charge in [-0.1, -0.05) is 18.5 Å². The number of esters is 3. The van der Waals surface area contributed by atoms with Gasteiger partial charge in [0, 0.05) is 31.8 Å². The van der Waals surface area contributed by atoms with E-state index in [2.05, 4.69) is 5.32 Å². The van der Waals surface area contributed by atoms with Crippen LogP contribution in [-0.4, -0.2) is 56.7 Å². The second-order valence-corrected chi connectivity index (χ2v) is 6.90. The number of benzene rings is 1. The summed E-state index contributed by atoms with van der Waals surface area (Å²) in [4.78, 5) is 35.6. The van der Waals surface area contributed by atoms with E-state index in [1.165, 1.54) is 21.0 Å². The number of rotatable bonds is 6. The average Bonchev–Trinajstić information content (AvgIpc) is 2.66. The van der Waals surface area contributed by atoms with Gasteiger partial charge in [-0.2, -0.15) is 0 Å². The Morgan fingerprint density at radius 1 is 1.10 bits per heavy atom. The van der Waals surface area contributed by atoms with Crippen LogP contribution in [0, 0.1) is 5.92 Å². The molecule has 0 aromatic heterocycles. The third-order valence-electron chi connectivity index (χ3n) is 4.36. The Bertz CT molecular complexity index is 771. The second-order valence-electron chi connectivity index (χ2n) is 6.46. The van der Waals surface area contributed by atoms with E-state index in [4.69, 9.17) is 35.3 Å². The zero-order valence-corrected chi connectivity index (χ0v) is 17.5. The lowest BCUT2D eigenvalue weighted by atomic mass is 9.90. The number of methoxy groups -OCH3 is 1. The molecule has 1 fully saturated rings. The summed E-state index contributed by atoms with van der Waals surface area (Å²) in [6.45, 7) is 4.05. The number of nitrogens with one attached hydrogen (secondary N) is 1. The van der Waals surface area contributed by atoms with Crippen molar-refractivity contribution in [2.24, 2.45) is 5.92 Å². The maximum Gasteiger partial charge on any atom is 0.335 e. The number of hydrogen-bond acceptors (Lipinski definition) is 9. The minimum Gasteiger partial charge on any atom is -0.467 e. The molecule has 1 saturated heterocycles. The van der Waals surface area contributed by atoms with Crippen LogP contribution in [0.1, 0.15) is 20.8 Å². The smallest absolute Gasteiger partial charge is 0.335 e. The number of anilines is 1. The molecule has 9 nitrogen and oxygen atoms in total. The van der Waals surface area contributed by atoms with Crippen LogP contribution in [0.25, 0.3) is 0 Å². The number of hydrogen-bond donors (Lipinski definition) is 1. The van der Waals surface area contributed by atoms with E-state index in [-0.39, 0.29) is 0 Å². The second kappa shape index (κ2) is 9.80. The van der Waals surface area contributed by atoms with Crippen LogP contribution in [-0.2, 0) is 33.3 Å². The highest BCUT2D eigenvalue weighted by molar-refractivity contribution is 6.30. The van der Waals surface area contributed by atoms with Crippen LogP contribution in [0.3, 0.4) is 0 Å². The Labute approximate surface area is 173 Å². The van der Waals surface area contributed by atoms with E-state index >= 15 is 0 Å². The minimum atomic E-state index is -1.25. The van der Waals surface area contributed by atoms with Crippen LogP contribution >= 0.6 is 11.6 Å². The predicted octanol–water partition coefficient (Wildman–Crippen LogP) is 2.16. The highest BCUT2D eigenvalue weighted by atomic mass is 35.5. The van der Waals surface area contributed by atoms with Gasteiger partial charge in [0.05, 0.1) is 12.8 Å². The van der Waals surface area contributed by atoms with Gasteiger partial charge in [0.25, 0.3) is 0 Å². The molecule has 1 heterocycles.